The fourth-order valence-electron chi connectivity index (χ4n) is 2.46. The highest BCUT2D eigenvalue weighted by Crippen LogP contribution is 2.34. The van der Waals surface area contributed by atoms with Crippen molar-refractivity contribution in [3.8, 4) is 5.75 Å². The number of hydrogen-bond acceptors (Lipinski definition) is 3. The average molecular weight is 447 g/mol. The first kappa shape index (κ1) is 16.7. The summed E-state index contributed by atoms with van der Waals surface area (Å²) >= 11 is 2.01. The van der Waals surface area contributed by atoms with E-state index >= 15 is 0 Å². The predicted molar refractivity (Wildman–Crippen MR) is 87.8 cm³/mol. The molecule has 0 fully saturated rings. The van der Waals surface area contributed by atoms with Crippen molar-refractivity contribution in [2.45, 2.75) is 12.9 Å². The van der Waals surface area contributed by atoms with Crippen molar-refractivity contribution in [2.75, 3.05) is 4.90 Å². The van der Waals surface area contributed by atoms with Crippen LogP contribution in [0.1, 0.15) is 15.9 Å². The van der Waals surface area contributed by atoms with Gasteiger partial charge in [0.2, 0.25) is 0 Å². The molecule has 4 nitrogen and oxygen atoms in total. The molecule has 0 bridgehead atoms. The van der Waals surface area contributed by atoms with E-state index in [0.717, 1.165) is 8.47 Å². The molecule has 24 heavy (non-hydrogen) atoms. The minimum absolute atomic E-state index is 0.155. The van der Waals surface area contributed by atoms with E-state index in [-0.39, 0.29) is 17.7 Å². The van der Waals surface area contributed by atoms with Crippen LogP contribution in [0, 0.1) is 3.57 Å². The molecule has 8 heteroatoms. The Bertz CT molecular complexity index is 836. The summed E-state index contributed by atoms with van der Waals surface area (Å²) in [5.74, 6) is -1.84. The van der Waals surface area contributed by atoms with E-state index < -0.39 is 23.8 Å². The standard InChI is InChI=1S/C16H9F3INO3/c17-16(18,19)24-13-4-2-1-3-9(13)8-21-12-6-5-10(20)7-11(12)14(22)15(21)23/h1-7H,8H2. The number of Topliss-reactive ketones (excluding diaryl/α,β-unsaturated/α-hetero) is 1. The van der Waals surface area contributed by atoms with Gasteiger partial charge in [0, 0.05) is 9.13 Å². The number of amides is 1. The number of carbonyl (C=O) groups excluding carboxylic acids is 2. The number of nitrogens with zero attached hydrogens (tertiary/aromatic N) is 1. The first-order chi connectivity index (χ1) is 11.3. The van der Waals surface area contributed by atoms with Crippen LogP contribution < -0.4 is 9.64 Å². The zero-order valence-electron chi connectivity index (χ0n) is 11.9. The number of hydrogen-bond donors (Lipinski definition) is 0. The van der Waals surface area contributed by atoms with Crippen molar-refractivity contribution >= 4 is 40.0 Å². The van der Waals surface area contributed by atoms with Crippen molar-refractivity contribution in [3.63, 3.8) is 0 Å². The van der Waals surface area contributed by atoms with E-state index in [0.29, 0.717) is 5.69 Å². The molecule has 0 aromatic heterocycles. The fourth-order valence-corrected chi connectivity index (χ4v) is 2.95. The first-order valence-corrected chi connectivity index (χ1v) is 7.83. The van der Waals surface area contributed by atoms with Gasteiger partial charge in [0.1, 0.15) is 5.75 Å². The molecular weight excluding hydrogens is 438 g/mol. The van der Waals surface area contributed by atoms with Gasteiger partial charge < -0.3 is 9.64 Å². The van der Waals surface area contributed by atoms with Gasteiger partial charge in [-0.25, -0.2) is 0 Å². The van der Waals surface area contributed by atoms with E-state index in [1.165, 1.54) is 24.3 Å². The van der Waals surface area contributed by atoms with Crippen molar-refractivity contribution in [1.82, 2.24) is 0 Å². The number of rotatable bonds is 3. The average Bonchev–Trinajstić information content (AvgIpc) is 2.72. The Kier molecular flexibility index (Phi) is 4.24. The number of fused-ring (bicyclic) bond motifs is 1. The largest absolute Gasteiger partial charge is 0.573 e. The highest BCUT2D eigenvalue weighted by molar-refractivity contribution is 14.1. The number of anilines is 1. The van der Waals surface area contributed by atoms with Gasteiger partial charge >= 0.3 is 6.36 Å². The van der Waals surface area contributed by atoms with Crippen molar-refractivity contribution < 1.29 is 27.5 Å². The lowest BCUT2D eigenvalue weighted by atomic mass is 10.1. The Morgan fingerprint density at radius 2 is 1.79 bits per heavy atom. The van der Waals surface area contributed by atoms with Gasteiger partial charge in [-0.15, -0.1) is 13.2 Å². The molecular formula is C16H9F3INO3. The summed E-state index contributed by atoms with van der Waals surface area (Å²) in [6.07, 6.45) is -4.84. The molecule has 1 heterocycles. The van der Waals surface area contributed by atoms with Crippen LogP contribution in [-0.2, 0) is 11.3 Å². The molecule has 0 aliphatic carbocycles. The lowest BCUT2D eigenvalue weighted by Crippen LogP contribution is -2.29. The number of halogens is 4. The number of ether oxygens (including phenoxy) is 1. The van der Waals surface area contributed by atoms with Gasteiger partial charge in [-0.05, 0) is 46.9 Å². The van der Waals surface area contributed by atoms with Crippen molar-refractivity contribution in [3.05, 3.63) is 57.2 Å². The van der Waals surface area contributed by atoms with Gasteiger partial charge in [0.15, 0.2) is 0 Å². The molecule has 0 unspecified atom stereocenters. The van der Waals surface area contributed by atoms with Crippen molar-refractivity contribution in [2.24, 2.45) is 0 Å². The molecule has 0 saturated carbocycles. The Hall–Kier alpha value is -2.10. The van der Waals surface area contributed by atoms with Crippen LogP contribution in [-0.4, -0.2) is 18.1 Å². The van der Waals surface area contributed by atoms with Gasteiger partial charge in [0.05, 0.1) is 17.8 Å². The first-order valence-electron chi connectivity index (χ1n) is 6.75. The SMILES string of the molecule is O=C1C(=O)N(Cc2ccccc2OC(F)(F)F)c2ccc(I)cc21. The molecule has 1 aliphatic heterocycles. The third-order valence-electron chi connectivity index (χ3n) is 3.46. The summed E-state index contributed by atoms with van der Waals surface area (Å²) in [6, 6.07) is 10.4. The zero-order chi connectivity index (χ0) is 17.5. The molecule has 0 saturated heterocycles. The van der Waals surface area contributed by atoms with Crippen LogP contribution >= 0.6 is 22.6 Å². The van der Waals surface area contributed by atoms with Crippen molar-refractivity contribution in [1.29, 1.82) is 0 Å². The molecule has 0 radical (unpaired) electrons. The second kappa shape index (κ2) is 6.08. The van der Waals surface area contributed by atoms with E-state index in [2.05, 4.69) is 4.74 Å². The number of alkyl halides is 3. The summed E-state index contributed by atoms with van der Waals surface area (Å²) < 4.78 is 42.3. The molecule has 0 atom stereocenters. The molecule has 1 amide bonds. The maximum atomic E-state index is 12.5. The second-order valence-corrected chi connectivity index (χ2v) is 6.28. The number of ketones is 1. The third kappa shape index (κ3) is 3.23. The third-order valence-corrected chi connectivity index (χ3v) is 4.13. The van der Waals surface area contributed by atoms with E-state index in [4.69, 9.17) is 0 Å². The highest BCUT2D eigenvalue weighted by atomic mass is 127. The number of benzene rings is 2. The van der Waals surface area contributed by atoms with E-state index in [9.17, 15) is 22.8 Å². The Balaban J connectivity index is 1.96. The van der Waals surface area contributed by atoms with Crippen LogP contribution in [0.15, 0.2) is 42.5 Å². The maximum absolute atomic E-state index is 12.5. The van der Waals surface area contributed by atoms with Crippen LogP contribution in [0.5, 0.6) is 5.75 Å². The van der Waals surface area contributed by atoms with Crippen LogP contribution in [0.2, 0.25) is 0 Å². The minimum atomic E-state index is -4.84. The Labute approximate surface area is 148 Å². The summed E-state index contributed by atoms with van der Waals surface area (Å²) in [5, 5.41) is 0. The summed E-state index contributed by atoms with van der Waals surface area (Å²) in [4.78, 5) is 25.4. The number of carbonyl (C=O) groups is 2. The summed E-state index contributed by atoms with van der Waals surface area (Å²) in [7, 11) is 0. The molecule has 2 aromatic rings. The molecule has 0 spiro atoms. The van der Waals surface area contributed by atoms with Gasteiger partial charge in [-0.2, -0.15) is 0 Å². The summed E-state index contributed by atoms with van der Waals surface area (Å²) in [5.41, 5.74) is 0.788. The normalized spacial score (nSPS) is 14.1. The fraction of sp³-hybridized carbons (Fsp3) is 0.125. The maximum Gasteiger partial charge on any atom is 0.573 e. The van der Waals surface area contributed by atoms with Gasteiger partial charge in [0.25, 0.3) is 11.7 Å². The predicted octanol–water partition coefficient (Wildman–Crippen LogP) is 3.92. The van der Waals surface area contributed by atoms with E-state index in [1.807, 2.05) is 22.6 Å². The monoisotopic (exact) mass is 447 g/mol. The van der Waals surface area contributed by atoms with Crippen LogP contribution in [0.25, 0.3) is 0 Å². The van der Waals surface area contributed by atoms with Gasteiger partial charge in [-0.1, -0.05) is 18.2 Å². The Morgan fingerprint density at radius 3 is 2.50 bits per heavy atom. The molecule has 2 aromatic carbocycles. The highest BCUT2D eigenvalue weighted by Gasteiger charge is 2.37. The van der Waals surface area contributed by atoms with Gasteiger partial charge in [-0.3, -0.25) is 9.59 Å². The topological polar surface area (TPSA) is 46.6 Å². The molecule has 1 aliphatic rings. The smallest absolute Gasteiger partial charge is 0.405 e. The lowest BCUT2D eigenvalue weighted by Gasteiger charge is -2.19. The van der Waals surface area contributed by atoms with Crippen LogP contribution in [0.4, 0.5) is 18.9 Å². The second-order valence-electron chi connectivity index (χ2n) is 5.04. The molecule has 0 N–H and O–H groups in total. The van der Waals surface area contributed by atoms with E-state index in [1.54, 1.807) is 18.2 Å². The lowest BCUT2D eigenvalue weighted by molar-refractivity contribution is -0.274. The molecule has 3 rings (SSSR count). The summed E-state index contributed by atoms with van der Waals surface area (Å²) in [6.45, 7) is -0.190. The zero-order valence-corrected chi connectivity index (χ0v) is 14.1. The minimum Gasteiger partial charge on any atom is -0.405 e. The number of para-hydroxylation sites is 1. The van der Waals surface area contributed by atoms with Crippen LogP contribution in [0.3, 0.4) is 0 Å². The quantitative estimate of drug-likeness (QED) is 0.530. The molecule has 124 valence electrons. The Morgan fingerprint density at radius 1 is 1.08 bits per heavy atom.